The Morgan fingerprint density at radius 3 is 2.35 bits per heavy atom. The molecule has 166 valence electrons. The van der Waals surface area contributed by atoms with Crippen LogP contribution in [-0.2, 0) is 14.8 Å². The second kappa shape index (κ2) is 8.78. The summed E-state index contributed by atoms with van der Waals surface area (Å²) >= 11 is 15.6. The number of hydrogen-bond acceptors (Lipinski definition) is 5. The molecular formula is C20H19BrCl2N2O5S. The van der Waals surface area contributed by atoms with Crippen LogP contribution in [0.25, 0.3) is 0 Å². The van der Waals surface area contributed by atoms with Gasteiger partial charge in [0, 0.05) is 28.5 Å². The number of phenols is 1. The van der Waals surface area contributed by atoms with Gasteiger partial charge in [-0.05, 0) is 49.9 Å². The molecule has 0 aromatic heterocycles. The normalized spacial score (nSPS) is 20.7. The summed E-state index contributed by atoms with van der Waals surface area (Å²) in [6.07, 6.45) is 2.84. The van der Waals surface area contributed by atoms with Gasteiger partial charge < -0.3 is 15.2 Å². The monoisotopic (exact) mass is 548 g/mol. The van der Waals surface area contributed by atoms with Crippen molar-refractivity contribution >= 4 is 55.1 Å². The Morgan fingerprint density at radius 1 is 1.10 bits per heavy atom. The Morgan fingerprint density at radius 2 is 1.74 bits per heavy atom. The summed E-state index contributed by atoms with van der Waals surface area (Å²) in [5.74, 6) is 0.0576. The zero-order valence-corrected chi connectivity index (χ0v) is 20.0. The number of sulfonamides is 1. The van der Waals surface area contributed by atoms with Crippen LogP contribution in [0.4, 0.5) is 0 Å². The van der Waals surface area contributed by atoms with E-state index in [0.717, 1.165) is 12.8 Å². The minimum absolute atomic E-state index is 0.0363. The topological polar surface area (TPSA) is 105 Å². The highest BCUT2D eigenvalue weighted by Crippen LogP contribution is 2.40. The van der Waals surface area contributed by atoms with E-state index in [9.17, 15) is 18.3 Å². The van der Waals surface area contributed by atoms with Gasteiger partial charge in [0.15, 0.2) is 5.75 Å². The fraction of sp³-hybridized carbons (Fsp3) is 0.350. The predicted octanol–water partition coefficient (Wildman–Crippen LogP) is 4.59. The van der Waals surface area contributed by atoms with Crippen LogP contribution in [0, 0.1) is 5.92 Å². The molecule has 0 atom stereocenters. The maximum atomic E-state index is 12.8. The maximum absolute atomic E-state index is 12.8. The number of nitrogens with one attached hydrogen (secondary N) is 2. The lowest BCUT2D eigenvalue weighted by Gasteiger charge is -2.36. The number of rotatable bonds is 7. The third-order valence-corrected chi connectivity index (χ3v) is 7.73. The Labute approximate surface area is 198 Å². The highest BCUT2D eigenvalue weighted by atomic mass is 79.9. The lowest BCUT2D eigenvalue weighted by atomic mass is 9.87. The SMILES string of the molecule is O=C(N[C@H]1C[C@H](NS(=O)(=O)c2cc(Oc3c(Cl)cc(Br)cc3Cl)ccc2O)C1)C1CC1. The van der Waals surface area contributed by atoms with E-state index in [0.29, 0.717) is 17.3 Å². The lowest BCUT2D eigenvalue weighted by Crippen LogP contribution is -2.53. The van der Waals surface area contributed by atoms with Gasteiger partial charge in [0.1, 0.15) is 16.4 Å². The molecule has 11 heteroatoms. The fourth-order valence-corrected chi connectivity index (χ4v) is 5.96. The Kier molecular flexibility index (Phi) is 6.42. The molecule has 2 aliphatic carbocycles. The molecule has 3 N–H and O–H groups in total. The molecule has 2 saturated carbocycles. The molecule has 7 nitrogen and oxygen atoms in total. The van der Waals surface area contributed by atoms with Crippen LogP contribution in [0.15, 0.2) is 39.7 Å². The second-order valence-electron chi connectivity index (χ2n) is 7.70. The Bertz CT molecular complexity index is 1110. The number of hydrogen-bond donors (Lipinski definition) is 3. The van der Waals surface area contributed by atoms with Gasteiger partial charge in [-0.3, -0.25) is 4.79 Å². The number of halogens is 3. The van der Waals surface area contributed by atoms with Gasteiger partial charge in [-0.25, -0.2) is 13.1 Å². The molecule has 2 aromatic rings. The number of aromatic hydroxyl groups is 1. The quantitative estimate of drug-likeness (QED) is 0.468. The average Bonchev–Trinajstić information content (AvgIpc) is 3.49. The number of benzene rings is 2. The van der Waals surface area contributed by atoms with Crippen LogP contribution in [0.3, 0.4) is 0 Å². The number of ether oxygens (including phenoxy) is 1. The molecule has 0 radical (unpaired) electrons. The van der Waals surface area contributed by atoms with Crippen molar-refractivity contribution in [3.63, 3.8) is 0 Å². The van der Waals surface area contributed by atoms with Crippen LogP contribution < -0.4 is 14.8 Å². The van der Waals surface area contributed by atoms with Crippen molar-refractivity contribution in [2.75, 3.05) is 0 Å². The molecule has 0 heterocycles. The zero-order chi connectivity index (χ0) is 22.3. The van der Waals surface area contributed by atoms with Crippen LogP contribution in [0.5, 0.6) is 17.2 Å². The van der Waals surface area contributed by atoms with Crippen LogP contribution in [0.1, 0.15) is 25.7 Å². The molecule has 2 aliphatic rings. The first-order valence-corrected chi connectivity index (χ1v) is 12.6. The fourth-order valence-electron chi connectivity index (χ4n) is 3.30. The van der Waals surface area contributed by atoms with Crippen molar-refractivity contribution in [3.05, 3.63) is 44.8 Å². The minimum Gasteiger partial charge on any atom is -0.507 e. The molecule has 4 rings (SSSR count). The van der Waals surface area contributed by atoms with Gasteiger partial charge in [-0.2, -0.15) is 0 Å². The van der Waals surface area contributed by atoms with Gasteiger partial charge >= 0.3 is 0 Å². The standard InChI is InChI=1S/C20H19BrCl2N2O5S/c21-11-5-15(22)19(16(23)6-11)30-14-3-4-17(26)18(9-14)31(28,29)25-13-7-12(8-13)24-20(27)10-1-2-10/h3-6,9-10,12-13,25-26H,1-2,7-8H2,(H,24,27)/t12-,13-. The molecule has 0 spiro atoms. The van der Waals surface area contributed by atoms with E-state index in [4.69, 9.17) is 27.9 Å². The molecule has 0 saturated heterocycles. The second-order valence-corrected chi connectivity index (χ2v) is 11.1. The summed E-state index contributed by atoms with van der Waals surface area (Å²) in [5, 5.41) is 13.5. The third-order valence-electron chi connectivity index (χ3n) is 5.16. The van der Waals surface area contributed by atoms with E-state index in [1.54, 1.807) is 12.1 Å². The summed E-state index contributed by atoms with van der Waals surface area (Å²) in [7, 11) is -4.01. The lowest BCUT2D eigenvalue weighted by molar-refractivity contribution is -0.123. The Balaban J connectivity index is 1.44. The summed E-state index contributed by atoms with van der Waals surface area (Å²) < 4.78 is 34.5. The first-order valence-electron chi connectivity index (χ1n) is 9.60. The van der Waals surface area contributed by atoms with Gasteiger partial charge in [-0.1, -0.05) is 39.1 Å². The Hall–Kier alpha value is -1.52. The number of amides is 1. The van der Waals surface area contributed by atoms with E-state index in [2.05, 4.69) is 26.0 Å². The van der Waals surface area contributed by atoms with E-state index < -0.39 is 15.8 Å². The van der Waals surface area contributed by atoms with Crippen molar-refractivity contribution < 1.29 is 23.1 Å². The van der Waals surface area contributed by atoms with E-state index in [1.807, 2.05) is 0 Å². The van der Waals surface area contributed by atoms with Crippen molar-refractivity contribution in [1.29, 1.82) is 0 Å². The van der Waals surface area contributed by atoms with Gasteiger partial charge in [0.2, 0.25) is 15.9 Å². The van der Waals surface area contributed by atoms with Gasteiger partial charge in [-0.15, -0.1) is 0 Å². The minimum atomic E-state index is -4.01. The molecule has 0 unspecified atom stereocenters. The van der Waals surface area contributed by atoms with Crippen LogP contribution in [0.2, 0.25) is 10.0 Å². The zero-order valence-electron chi connectivity index (χ0n) is 16.1. The largest absolute Gasteiger partial charge is 0.507 e. The predicted molar refractivity (Wildman–Crippen MR) is 120 cm³/mol. The first kappa shape index (κ1) is 22.7. The van der Waals surface area contributed by atoms with Gasteiger partial charge in [0.25, 0.3) is 0 Å². The van der Waals surface area contributed by atoms with Crippen molar-refractivity contribution in [1.82, 2.24) is 10.0 Å². The van der Waals surface area contributed by atoms with Crippen molar-refractivity contribution in [3.8, 4) is 17.2 Å². The van der Waals surface area contributed by atoms with E-state index in [1.165, 1.54) is 18.2 Å². The molecular weight excluding hydrogens is 531 g/mol. The summed E-state index contributed by atoms with van der Waals surface area (Å²) in [6, 6.07) is 6.67. The van der Waals surface area contributed by atoms with E-state index >= 15 is 0 Å². The van der Waals surface area contributed by atoms with Crippen LogP contribution in [-0.4, -0.2) is 31.5 Å². The molecule has 2 fully saturated rings. The third kappa shape index (κ3) is 5.28. The van der Waals surface area contributed by atoms with Crippen LogP contribution >= 0.6 is 39.1 Å². The highest BCUT2D eigenvalue weighted by Gasteiger charge is 2.37. The van der Waals surface area contributed by atoms with Gasteiger partial charge in [0.05, 0.1) is 10.0 Å². The summed E-state index contributed by atoms with van der Waals surface area (Å²) in [6.45, 7) is 0. The van der Waals surface area contributed by atoms with E-state index in [-0.39, 0.29) is 50.3 Å². The molecule has 31 heavy (non-hydrogen) atoms. The molecule has 2 aromatic carbocycles. The summed E-state index contributed by atoms with van der Waals surface area (Å²) in [4.78, 5) is 11.5. The average molecular weight is 550 g/mol. The molecule has 0 bridgehead atoms. The number of carbonyl (C=O) groups excluding carboxylic acids is 1. The number of phenolic OH excluding ortho intramolecular Hbond substituents is 1. The van der Waals surface area contributed by atoms with Crippen molar-refractivity contribution in [2.24, 2.45) is 5.92 Å². The summed E-state index contributed by atoms with van der Waals surface area (Å²) in [5.41, 5.74) is 0. The molecule has 1 amide bonds. The number of carbonyl (C=O) groups is 1. The maximum Gasteiger partial charge on any atom is 0.244 e. The van der Waals surface area contributed by atoms with Crippen molar-refractivity contribution in [2.45, 2.75) is 42.7 Å². The first-order chi connectivity index (χ1) is 14.6. The highest BCUT2D eigenvalue weighted by molar-refractivity contribution is 9.10. The smallest absolute Gasteiger partial charge is 0.244 e. The molecule has 0 aliphatic heterocycles.